The van der Waals surface area contributed by atoms with Crippen LogP contribution in [0.15, 0.2) is 91.0 Å². The van der Waals surface area contributed by atoms with E-state index in [9.17, 15) is 19.2 Å². The lowest BCUT2D eigenvalue weighted by Gasteiger charge is -2.27. The van der Waals surface area contributed by atoms with Crippen molar-refractivity contribution in [1.29, 1.82) is 0 Å². The second kappa shape index (κ2) is 8.29. The van der Waals surface area contributed by atoms with Gasteiger partial charge in [-0.3, -0.25) is 19.2 Å². The average Bonchev–Trinajstić information content (AvgIpc) is 3.52. The van der Waals surface area contributed by atoms with Gasteiger partial charge in [0.15, 0.2) is 0 Å². The molecule has 0 N–H and O–H groups in total. The Kier molecular flexibility index (Phi) is 5.03. The number of imide groups is 1. The molecule has 2 fully saturated rings. The summed E-state index contributed by atoms with van der Waals surface area (Å²) < 4.78 is 6.42. The molecular weight excluding hydrogens is 490 g/mol. The minimum absolute atomic E-state index is 0.223. The highest BCUT2D eigenvalue weighted by Crippen LogP contribution is 2.58. The highest BCUT2D eigenvalue weighted by atomic mass is 16.5. The van der Waals surface area contributed by atoms with Crippen LogP contribution >= 0.6 is 0 Å². The van der Waals surface area contributed by atoms with Crippen LogP contribution < -0.4 is 4.90 Å². The zero-order valence-corrected chi connectivity index (χ0v) is 21.5. The Morgan fingerprint density at radius 2 is 1.33 bits per heavy atom. The number of amides is 2. The molecule has 2 saturated heterocycles. The highest BCUT2D eigenvalue weighted by molar-refractivity contribution is 6.37. The number of benzene rings is 4. The van der Waals surface area contributed by atoms with Gasteiger partial charge in [0.25, 0.3) is 0 Å². The van der Waals surface area contributed by atoms with Crippen LogP contribution in [-0.2, 0) is 14.3 Å². The van der Waals surface area contributed by atoms with Crippen LogP contribution in [0.25, 0.3) is 10.8 Å². The second-order valence-electron chi connectivity index (χ2n) is 10.8. The van der Waals surface area contributed by atoms with Gasteiger partial charge in [-0.1, -0.05) is 98.8 Å². The van der Waals surface area contributed by atoms with Gasteiger partial charge in [0.1, 0.15) is 0 Å². The molecule has 2 aliphatic heterocycles. The maximum atomic E-state index is 14.3. The predicted octanol–water partition coefficient (Wildman–Crippen LogP) is 5.66. The fourth-order valence-electron chi connectivity index (χ4n) is 6.53. The molecule has 6 nitrogen and oxygen atoms in total. The first-order chi connectivity index (χ1) is 18.8. The lowest BCUT2D eigenvalue weighted by Crippen LogP contribution is -2.51. The van der Waals surface area contributed by atoms with Crippen LogP contribution in [0.1, 0.15) is 57.7 Å². The van der Waals surface area contributed by atoms with E-state index in [0.29, 0.717) is 17.2 Å². The van der Waals surface area contributed by atoms with Gasteiger partial charge < -0.3 is 4.74 Å². The maximum Gasteiger partial charge on any atom is 0.241 e. The van der Waals surface area contributed by atoms with E-state index in [1.807, 2.05) is 54.6 Å². The van der Waals surface area contributed by atoms with Crippen molar-refractivity contribution < 1.29 is 23.9 Å². The molecule has 4 aromatic rings. The molecule has 6 heteroatoms. The second-order valence-corrected chi connectivity index (χ2v) is 10.8. The summed E-state index contributed by atoms with van der Waals surface area (Å²) in [5.74, 6) is -4.16. The third kappa shape index (κ3) is 3.06. The normalized spacial score (nSPS) is 23.4. The largest absolute Gasteiger partial charge is 0.349 e. The molecule has 3 aliphatic rings. The van der Waals surface area contributed by atoms with Crippen LogP contribution in [0.2, 0.25) is 0 Å². The highest BCUT2D eigenvalue weighted by Gasteiger charge is 2.74. The zero-order chi connectivity index (χ0) is 27.1. The van der Waals surface area contributed by atoms with Crippen LogP contribution in [-0.4, -0.2) is 29.0 Å². The number of ether oxygens (including phenoxy) is 1. The van der Waals surface area contributed by atoms with Crippen molar-refractivity contribution >= 4 is 39.8 Å². The van der Waals surface area contributed by atoms with Crippen molar-refractivity contribution in [3.05, 3.63) is 113 Å². The number of hydrogen-bond acceptors (Lipinski definition) is 5. The van der Waals surface area contributed by atoms with Gasteiger partial charge in [-0.15, -0.1) is 0 Å². The van der Waals surface area contributed by atoms with Gasteiger partial charge in [-0.25, -0.2) is 4.90 Å². The van der Waals surface area contributed by atoms with E-state index in [0.717, 1.165) is 16.3 Å². The maximum absolute atomic E-state index is 14.3. The Hall–Kier alpha value is -4.42. The van der Waals surface area contributed by atoms with Crippen molar-refractivity contribution in [1.82, 2.24) is 0 Å². The number of Topliss-reactive ketones (excluding diaryl/α,β-unsaturated/α-hetero) is 2. The summed E-state index contributed by atoms with van der Waals surface area (Å²) in [5, 5.41) is 1.61. The summed E-state index contributed by atoms with van der Waals surface area (Å²) in [6.07, 6.45) is -0.935. The van der Waals surface area contributed by atoms with Crippen molar-refractivity contribution in [2.75, 3.05) is 4.90 Å². The lowest BCUT2D eigenvalue weighted by atomic mass is 9.77. The lowest BCUT2D eigenvalue weighted by molar-refractivity contribution is -0.127. The topological polar surface area (TPSA) is 80.8 Å². The molecule has 0 saturated carbocycles. The molecule has 1 aliphatic carbocycles. The fraction of sp³-hybridized carbons (Fsp3) is 0.212. The molecule has 7 rings (SSSR count). The summed E-state index contributed by atoms with van der Waals surface area (Å²) in [5.41, 5.74) is 0.569. The smallest absolute Gasteiger partial charge is 0.241 e. The van der Waals surface area contributed by atoms with Gasteiger partial charge in [0.2, 0.25) is 29.0 Å². The summed E-state index contributed by atoms with van der Waals surface area (Å²) in [6.45, 7) is 4.17. The standard InChI is InChI=1S/C33H25NO5/c1-18(2)19-14-16-21(17-15-19)28-26-27(33(39-28)29(35)23-11-5-6-12-24(23)30(33)36)32(38)34(31(26)37)25-13-7-9-20-8-3-4-10-22(20)25/h3-18,26-28H,1-2H3/t26-,27-,28-/m1/s1. The summed E-state index contributed by atoms with van der Waals surface area (Å²) in [7, 11) is 0. The number of carbonyl (C=O) groups excluding carboxylic acids is 4. The average molecular weight is 516 g/mol. The van der Waals surface area contributed by atoms with E-state index >= 15 is 0 Å². The number of anilines is 1. The van der Waals surface area contributed by atoms with Crippen LogP contribution in [0.3, 0.4) is 0 Å². The molecule has 4 aromatic carbocycles. The summed E-state index contributed by atoms with van der Waals surface area (Å²) in [6, 6.07) is 27.1. The Morgan fingerprint density at radius 1 is 0.718 bits per heavy atom. The van der Waals surface area contributed by atoms with Gasteiger partial charge in [-0.05, 0) is 28.5 Å². The molecule has 0 unspecified atom stereocenters. The van der Waals surface area contributed by atoms with Gasteiger partial charge in [0, 0.05) is 16.5 Å². The number of carbonyl (C=O) groups is 4. The Bertz CT molecular complexity index is 1680. The van der Waals surface area contributed by atoms with Gasteiger partial charge in [0.05, 0.1) is 23.6 Å². The Morgan fingerprint density at radius 3 is 2.00 bits per heavy atom. The van der Waals surface area contributed by atoms with E-state index in [4.69, 9.17) is 4.74 Å². The van der Waals surface area contributed by atoms with E-state index in [-0.39, 0.29) is 11.1 Å². The molecule has 192 valence electrons. The van der Waals surface area contributed by atoms with Crippen molar-refractivity contribution in [3.63, 3.8) is 0 Å². The van der Waals surface area contributed by atoms with Gasteiger partial charge in [-0.2, -0.15) is 0 Å². The Labute approximate surface area is 225 Å². The molecule has 1 spiro atoms. The summed E-state index contributed by atoms with van der Waals surface area (Å²) in [4.78, 5) is 57.6. The van der Waals surface area contributed by atoms with E-state index in [1.165, 1.54) is 4.90 Å². The first kappa shape index (κ1) is 23.7. The van der Waals surface area contributed by atoms with Crippen molar-refractivity contribution in [3.8, 4) is 0 Å². The minimum atomic E-state index is -2.08. The molecule has 2 amide bonds. The number of hydrogen-bond donors (Lipinski definition) is 0. The van der Waals surface area contributed by atoms with Crippen molar-refractivity contribution in [2.24, 2.45) is 11.8 Å². The molecular formula is C33H25NO5. The van der Waals surface area contributed by atoms with Gasteiger partial charge >= 0.3 is 0 Å². The van der Waals surface area contributed by atoms with Crippen LogP contribution in [0.5, 0.6) is 0 Å². The minimum Gasteiger partial charge on any atom is -0.349 e. The fourth-order valence-corrected chi connectivity index (χ4v) is 6.53. The molecule has 0 radical (unpaired) electrons. The SMILES string of the molecule is CC(C)c1ccc([C@H]2OC3(C(=O)c4ccccc4C3=O)[C@H]3C(=O)N(c4cccc5ccccc45)C(=O)[C@@H]23)cc1. The van der Waals surface area contributed by atoms with E-state index < -0.39 is 46.9 Å². The molecule has 0 bridgehead atoms. The molecule has 0 aromatic heterocycles. The van der Waals surface area contributed by atoms with Crippen LogP contribution in [0.4, 0.5) is 5.69 Å². The first-order valence-corrected chi connectivity index (χ1v) is 13.2. The summed E-state index contributed by atoms with van der Waals surface area (Å²) >= 11 is 0. The number of fused-ring (bicyclic) bond motifs is 4. The Balaban J connectivity index is 1.42. The number of ketones is 2. The molecule has 2 heterocycles. The van der Waals surface area contributed by atoms with E-state index in [2.05, 4.69) is 13.8 Å². The molecule has 3 atom stereocenters. The first-order valence-electron chi connectivity index (χ1n) is 13.2. The van der Waals surface area contributed by atoms with Crippen molar-refractivity contribution in [2.45, 2.75) is 31.5 Å². The zero-order valence-electron chi connectivity index (χ0n) is 21.5. The third-order valence-corrected chi connectivity index (χ3v) is 8.46. The van der Waals surface area contributed by atoms with Crippen LogP contribution in [0, 0.1) is 11.8 Å². The van der Waals surface area contributed by atoms with E-state index in [1.54, 1.807) is 36.4 Å². The number of nitrogens with zero attached hydrogens (tertiary/aromatic N) is 1. The monoisotopic (exact) mass is 515 g/mol. The quantitative estimate of drug-likeness (QED) is 0.260. The molecule has 39 heavy (non-hydrogen) atoms. The third-order valence-electron chi connectivity index (χ3n) is 8.46. The predicted molar refractivity (Wildman–Crippen MR) is 146 cm³/mol. The number of rotatable bonds is 3.